The molecule has 2 aliphatic heterocycles. The van der Waals surface area contributed by atoms with Crippen LogP contribution in [-0.4, -0.2) is 29.4 Å². The summed E-state index contributed by atoms with van der Waals surface area (Å²) in [5.74, 6) is 0.293. The van der Waals surface area contributed by atoms with Crippen molar-refractivity contribution in [1.29, 1.82) is 0 Å². The van der Waals surface area contributed by atoms with Gasteiger partial charge in [0.15, 0.2) is 0 Å². The van der Waals surface area contributed by atoms with E-state index in [9.17, 15) is 4.79 Å². The monoisotopic (exact) mass is 258 g/mol. The van der Waals surface area contributed by atoms with Crippen molar-refractivity contribution in [3.63, 3.8) is 0 Å². The molecule has 3 heteroatoms. The smallest absolute Gasteiger partial charge is 0.240 e. The van der Waals surface area contributed by atoms with Crippen LogP contribution in [0.4, 0.5) is 0 Å². The highest BCUT2D eigenvalue weighted by molar-refractivity contribution is 5.83. The Hall–Kier alpha value is -1.35. The molecule has 3 rings (SSSR count). The Morgan fingerprint density at radius 2 is 2.05 bits per heavy atom. The van der Waals surface area contributed by atoms with Crippen molar-refractivity contribution in [3.05, 3.63) is 35.4 Å². The largest absolute Gasteiger partial charge is 0.339 e. The van der Waals surface area contributed by atoms with Gasteiger partial charge in [-0.2, -0.15) is 0 Å². The van der Waals surface area contributed by atoms with E-state index in [1.165, 1.54) is 17.5 Å². The van der Waals surface area contributed by atoms with Crippen LogP contribution in [0.2, 0.25) is 0 Å². The number of nitrogens with one attached hydrogen (secondary N) is 1. The first kappa shape index (κ1) is 12.7. The first-order valence-electron chi connectivity index (χ1n) is 7.36. The van der Waals surface area contributed by atoms with Gasteiger partial charge in [-0.3, -0.25) is 4.79 Å². The van der Waals surface area contributed by atoms with E-state index in [0.29, 0.717) is 11.9 Å². The van der Waals surface area contributed by atoms with Crippen LogP contribution in [0.15, 0.2) is 24.3 Å². The van der Waals surface area contributed by atoms with Gasteiger partial charge >= 0.3 is 0 Å². The zero-order valence-corrected chi connectivity index (χ0v) is 11.6. The number of likely N-dealkylation sites (tertiary alicyclic amines) is 1. The van der Waals surface area contributed by atoms with Crippen LogP contribution >= 0.6 is 0 Å². The maximum absolute atomic E-state index is 12.6. The molecule has 1 N–H and O–H groups in total. The average molecular weight is 258 g/mol. The number of rotatable bonds is 1. The summed E-state index contributed by atoms with van der Waals surface area (Å²) < 4.78 is 0. The highest BCUT2D eigenvalue weighted by Gasteiger charge is 2.31. The van der Waals surface area contributed by atoms with Crippen LogP contribution in [0.25, 0.3) is 0 Å². The Balaban J connectivity index is 1.72. The van der Waals surface area contributed by atoms with E-state index < -0.39 is 0 Å². The third-order valence-corrected chi connectivity index (χ3v) is 4.47. The van der Waals surface area contributed by atoms with E-state index in [4.69, 9.17) is 0 Å². The maximum Gasteiger partial charge on any atom is 0.240 e. The molecule has 0 saturated carbocycles. The Morgan fingerprint density at radius 3 is 2.84 bits per heavy atom. The molecule has 1 saturated heterocycles. The summed E-state index contributed by atoms with van der Waals surface area (Å²) in [6.45, 7) is 3.92. The predicted octanol–water partition coefficient (Wildman–Crippen LogP) is 2.10. The standard InChI is InChI=1S/C16H22N2O/c1-12-6-4-5-9-18(12)16(19)15-10-13-7-2-3-8-14(13)11-17-15/h2-3,7-8,12,15,17H,4-6,9-11H2,1H3/t12?,15-/m1/s1. The summed E-state index contributed by atoms with van der Waals surface area (Å²) in [6, 6.07) is 8.79. The Morgan fingerprint density at radius 1 is 1.26 bits per heavy atom. The molecule has 2 atom stereocenters. The summed E-state index contributed by atoms with van der Waals surface area (Å²) in [5.41, 5.74) is 2.66. The molecule has 2 heterocycles. The number of fused-ring (bicyclic) bond motifs is 1. The van der Waals surface area contributed by atoms with E-state index in [2.05, 4.69) is 41.4 Å². The number of piperidine rings is 1. The first-order chi connectivity index (χ1) is 9.25. The van der Waals surface area contributed by atoms with E-state index in [1.54, 1.807) is 0 Å². The highest BCUT2D eigenvalue weighted by Crippen LogP contribution is 2.21. The number of carbonyl (C=O) groups is 1. The lowest BCUT2D eigenvalue weighted by Crippen LogP contribution is -2.53. The molecular weight excluding hydrogens is 236 g/mol. The molecule has 3 nitrogen and oxygen atoms in total. The molecule has 1 aromatic carbocycles. The number of carbonyl (C=O) groups excluding carboxylic acids is 1. The number of nitrogens with zero attached hydrogens (tertiary/aromatic N) is 1. The fourth-order valence-corrected chi connectivity index (χ4v) is 3.25. The minimum atomic E-state index is -0.0320. The topological polar surface area (TPSA) is 32.3 Å². The molecular formula is C16H22N2O. The summed E-state index contributed by atoms with van der Waals surface area (Å²) >= 11 is 0. The number of hydrogen-bond donors (Lipinski definition) is 1. The fourth-order valence-electron chi connectivity index (χ4n) is 3.25. The average Bonchev–Trinajstić information content (AvgIpc) is 2.46. The van der Waals surface area contributed by atoms with Gasteiger partial charge in [-0.15, -0.1) is 0 Å². The van der Waals surface area contributed by atoms with Gasteiger partial charge in [-0.25, -0.2) is 0 Å². The van der Waals surface area contributed by atoms with Crippen LogP contribution in [0.1, 0.15) is 37.3 Å². The molecule has 102 valence electrons. The van der Waals surface area contributed by atoms with Crippen molar-refractivity contribution < 1.29 is 4.79 Å². The second-order valence-electron chi connectivity index (χ2n) is 5.78. The van der Waals surface area contributed by atoms with Crippen molar-refractivity contribution >= 4 is 5.91 Å². The lowest BCUT2D eigenvalue weighted by molar-refractivity contribution is -0.136. The summed E-state index contributed by atoms with van der Waals surface area (Å²) in [4.78, 5) is 14.7. The molecule has 1 amide bonds. The van der Waals surface area contributed by atoms with Crippen LogP contribution < -0.4 is 5.32 Å². The second-order valence-corrected chi connectivity index (χ2v) is 5.78. The minimum Gasteiger partial charge on any atom is -0.339 e. The normalized spacial score (nSPS) is 26.9. The molecule has 1 aromatic rings. The van der Waals surface area contributed by atoms with Crippen molar-refractivity contribution in [2.45, 2.75) is 51.2 Å². The summed E-state index contributed by atoms with van der Waals surface area (Å²) in [6.07, 6.45) is 4.39. The van der Waals surface area contributed by atoms with Crippen LogP contribution in [-0.2, 0) is 17.8 Å². The number of amides is 1. The lowest BCUT2D eigenvalue weighted by atomic mass is 9.94. The van der Waals surface area contributed by atoms with E-state index in [-0.39, 0.29) is 6.04 Å². The van der Waals surface area contributed by atoms with Crippen molar-refractivity contribution in [2.24, 2.45) is 0 Å². The Kier molecular flexibility index (Phi) is 3.56. The lowest BCUT2D eigenvalue weighted by Gasteiger charge is -2.37. The Labute approximate surface area is 115 Å². The van der Waals surface area contributed by atoms with Crippen LogP contribution in [0.5, 0.6) is 0 Å². The Bertz CT molecular complexity index is 472. The molecule has 0 radical (unpaired) electrons. The van der Waals surface area contributed by atoms with Gasteiger partial charge in [0.05, 0.1) is 6.04 Å². The van der Waals surface area contributed by atoms with Gasteiger partial charge in [0.1, 0.15) is 0 Å². The molecule has 0 aliphatic carbocycles. The van der Waals surface area contributed by atoms with Crippen LogP contribution in [0, 0.1) is 0 Å². The molecule has 2 aliphatic rings. The van der Waals surface area contributed by atoms with E-state index in [1.807, 2.05) is 0 Å². The van der Waals surface area contributed by atoms with Gasteiger partial charge in [-0.05, 0) is 43.7 Å². The highest BCUT2D eigenvalue weighted by atomic mass is 16.2. The van der Waals surface area contributed by atoms with Gasteiger partial charge in [0.25, 0.3) is 0 Å². The maximum atomic E-state index is 12.6. The molecule has 19 heavy (non-hydrogen) atoms. The number of hydrogen-bond acceptors (Lipinski definition) is 2. The first-order valence-corrected chi connectivity index (χ1v) is 7.36. The predicted molar refractivity (Wildman–Crippen MR) is 75.8 cm³/mol. The zero-order valence-electron chi connectivity index (χ0n) is 11.6. The molecule has 1 unspecified atom stereocenters. The van der Waals surface area contributed by atoms with Gasteiger partial charge in [-0.1, -0.05) is 24.3 Å². The minimum absolute atomic E-state index is 0.0320. The zero-order chi connectivity index (χ0) is 13.2. The molecule has 0 spiro atoms. The van der Waals surface area contributed by atoms with Gasteiger partial charge in [0.2, 0.25) is 5.91 Å². The second kappa shape index (κ2) is 5.33. The van der Waals surface area contributed by atoms with Crippen LogP contribution in [0.3, 0.4) is 0 Å². The van der Waals surface area contributed by atoms with Crippen molar-refractivity contribution in [2.75, 3.05) is 6.54 Å². The molecule has 0 aromatic heterocycles. The third-order valence-electron chi connectivity index (χ3n) is 4.47. The summed E-state index contributed by atoms with van der Waals surface area (Å²) in [7, 11) is 0. The molecule has 1 fully saturated rings. The fraction of sp³-hybridized carbons (Fsp3) is 0.562. The van der Waals surface area contributed by atoms with Gasteiger partial charge in [0, 0.05) is 19.1 Å². The van der Waals surface area contributed by atoms with E-state index >= 15 is 0 Å². The van der Waals surface area contributed by atoms with Crippen molar-refractivity contribution in [3.8, 4) is 0 Å². The van der Waals surface area contributed by atoms with E-state index in [0.717, 1.165) is 32.4 Å². The summed E-state index contributed by atoms with van der Waals surface area (Å²) in [5, 5.41) is 3.40. The third kappa shape index (κ3) is 2.52. The molecule has 0 bridgehead atoms. The van der Waals surface area contributed by atoms with Crippen molar-refractivity contribution in [1.82, 2.24) is 10.2 Å². The van der Waals surface area contributed by atoms with Gasteiger partial charge < -0.3 is 10.2 Å². The SMILES string of the molecule is CC1CCCCN1C(=O)[C@H]1Cc2ccccc2CN1. The number of benzene rings is 1. The quantitative estimate of drug-likeness (QED) is 0.836.